The van der Waals surface area contributed by atoms with Crippen LogP contribution in [0.25, 0.3) is 0 Å². The Morgan fingerprint density at radius 2 is 2.32 bits per heavy atom. The number of nitrogens with two attached hydrogens (primary N) is 1. The Morgan fingerprint density at radius 1 is 1.53 bits per heavy atom. The number of aromatic nitrogens is 2. The Balaban J connectivity index is 2.42. The lowest BCUT2D eigenvalue weighted by Crippen LogP contribution is -2.31. The van der Waals surface area contributed by atoms with Crippen LogP contribution in [0.5, 0.6) is 5.75 Å². The molecule has 2 aromatic rings. The number of nitrogens with one attached hydrogen (secondary N) is 1. The molecule has 0 aliphatic heterocycles. The van der Waals surface area contributed by atoms with Gasteiger partial charge in [0, 0.05) is 30.6 Å². The summed E-state index contributed by atoms with van der Waals surface area (Å²) in [6.45, 7) is 2.73. The predicted molar refractivity (Wildman–Crippen MR) is 70.0 cm³/mol. The molecule has 0 aliphatic rings. The third kappa shape index (κ3) is 2.59. The van der Waals surface area contributed by atoms with E-state index in [1.54, 1.807) is 18.3 Å². The molecule has 0 aliphatic carbocycles. The van der Waals surface area contributed by atoms with Gasteiger partial charge in [0.15, 0.2) is 0 Å². The lowest BCUT2D eigenvalue weighted by atomic mass is 10.1. The molecule has 0 saturated heterocycles. The highest BCUT2D eigenvalue weighted by Gasteiger charge is 2.21. The zero-order chi connectivity index (χ0) is 13.8. The van der Waals surface area contributed by atoms with Crippen LogP contribution in [0.2, 0.25) is 0 Å². The molecule has 3 N–H and O–H groups in total. The fourth-order valence-corrected chi connectivity index (χ4v) is 2.02. The predicted octanol–water partition coefficient (Wildman–Crippen LogP) is 1.60. The highest BCUT2D eigenvalue weighted by atomic mass is 19.1. The van der Waals surface area contributed by atoms with Crippen LogP contribution in [-0.2, 0) is 6.54 Å². The Kier molecular flexibility index (Phi) is 4.13. The molecule has 2 rings (SSSR count). The summed E-state index contributed by atoms with van der Waals surface area (Å²) in [6.07, 6.45) is 3.51. The molecule has 19 heavy (non-hydrogen) atoms. The third-order valence-corrected chi connectivity index (χ3v) is 3.03. The van der Waals surface area contributed by atoms with Gasteiger partial charge in [-0.2, -0.15) is 0 Å². The van der Waals surface area contributed by atoms with Crippen molar-refractivity contribution in [2.45, 2.75) is 19.5 Å². The summed E-state index contributed by atoms with van der Waals surface area (Å²) in [5, 5.41) is 0. The number of methoxy groups -OCH3 is 1. The highest BCUT2D eigenvalue weighted by molar-refractivity contribution is 5.33. The minimum absolute atomic E-state index is 0.382. The van der Waals surface area contributed by atoms with Crippen LogP contribution in [0.15, 0.2) is 30.6 Å². The summed E-state index contributed by atoms with van der Waals surface area (Å²) in [5.74, 6) is 6.32. The van der Waals surface area contributed by atoms with E-state index in [0.717, 1.165) is 6.54 Å². The van der Waals surface area contributed by atoms with Crippen molar-refractivity contribution in [2.75, 3.05) is 7.11 Å². The maximum atomic E-state index is 14.1. The zero-order valence-electron chi connectivity index (χ0n) is 10.9. The van der Waals surface area contributed by atoms with E-state index in [9.17, 15) is 4.39 Å². The summed E-state index contributed by atoms with van der Waals surface area (Å²) in [6, 6.07) is 4.18. The number of hydrogen-bond donors (Lipinski definition) is 2. The van der Waals surface area contributed by atoms with Crippen molar-refractivity contribution in [3.05, 3.63) is 47.8 Å². The second-order valence-electron chi connectivity index (χ2n) is 4.06. The molecule has 1 aromatic carbocycles. The van der Waals surface area contributed by atoms with Gasteiger partial charge in [0.05, 0.1) is 7.11 Å². The quantitative estimate of drug-likeness (QED) is 0.636. The van der Waals surface area contributed by atoms with E-state index in [2.05, 4.69) is 10.4 Å². The molecular formula is C13H17FN4O. The Labute approximate surface area is 111 Å². The summed E-state index contributed by atoms with van der Waals surface area (Å²) in [7, 11) is 1.50. The largest absolute Gasteiger partial charge is 0.497 e. The second-order valence-corrected chi connectivity index (χ2v) is 4.06. The SMILES string of the molecule is CCn1ccnc1C(NN)c1ccc(OC)cc1F. The van der Waals surface area contributed by atoms with Crippen molar-refractivity contribution < 1.29 is 9.13 Å². The fourth-order valence-electron chi connectivity index (χ4n) is 2.02. The van der Waals surface area contributed by atoms with Gasteiger partial charge < -0.3 is 9.30 Å². The van der Waals surface area contributed by atoms with E-state index in [4.69, 9.17) is 10.6 Å². The number of benzene rings is 1. The molecule has 0 radical (unpaired) electrons. The first kappa shape index (κ1) is 13.5. The number of nitrogens with zero attached hydrogens (tertiary/aromatic N) is 2. The maximum absolute atomic E-state index is 14.1. The Bertz CT molecular complexity index is 555. The van der Waals surface area contributed by atoms with Crippen LogP contribution < -0.4 is 16.0 Å². The van der Waals surface area contributed by atoms with Gasteiger partial charge in [0.2, 0.25) is 0 Å². The maximum Gasteiger partial charge on any atom is 0.132 e. The normalized spacial score (nSPS) is 12.4. The summed E-state index contributed by atoms with van der Waals surface area (Å²) < 4.78 is 21.0. The van der Waals surface area contributed by atoms with E-state index in [-0.39, 0.29) is 5.82 Å². The monoisotopic (exact) mass is 264 g/mol. The highest BCUT2D eigenvalue weighted by Crippen LogP contribution is 2.25. The van der Waals surface area contributed by atoms with Crippen LogP contribution >= 0.6 is 0 Å². The first-order valence-electron chi connectivity index (χ1n) is 6.01. The van der Waals surface area contributed by atoms with Gasteiger partial charge in [-0.25, -0.2) is 14.8 Å². The molecule has 0 fully saturated rings. The van der Waals surface area contributed by atoms with E-state index in [0.29, 0.717) is 17.1 Å². The number of imidazole rings is 1. The van der Waals surface area contributed by atoms with Gasteiger partial charge in [-0.1, -0.05) is 6.07 Å². The molecule has 102 valence electrons. The molecule has 6 heteroatoms. The van der Waals surface area contributed by atoms with Crippen LogP contribution in [0.3, 0.4) is 0 Å². The van der Waals surface area contributed by atoms with Crippen LogP contribution in [-0.4, -0.2) is 16.7 Å². The van der Waals surface area contributed by atoms with Crippen molar-refractivity contribution in [3.63, 3.8) is 0 Å². The van der Waals surface area contributed by atoms with Crippen LogP contribution in [0, 0.1) is 5.82 Å². The van der Waals surface area contributed by atoms with E-state index in [1.165, 1.54) is 13.2 Å². The molecule has 5 nitrogen and oxygen atoms in total. The van der Waals surface area contributed by atoms with Gasteiger partial charge in [0.25, 0.3) is 0 Å². The van der Waals surface area contributed by atoms with Gasteiger partial charge in [-0.05, 0) is 13.0 Å². The molecular weight excluding hydrogens is 247 g/mol. The van der Waals surface area contributed by atoms with Gasteiger partial charge in [0.1, 0.15) is 23.4 Å². The van der Waals surface area contributed by atoms with Crippen molar-refractivity contribution in [3.8, 4) is 5.75 Å². The van der Waals surface area contributed by atoms with Gasteiger partial charge in [-0.3, -0.25) is 5.84 Å². The number of rotatable bonds is 5. The minimum atomic E-state index is -0.499. The average Bonchev–Trinajstić information content (AvgIpc) is 2.89. The first-order valence-corrected chi connectivity index (χ1v) is 6.01. The van der Waals surface area contributed by atoms with Crippen LogP contribution in [0.1, 0.15) is 24.4 Å². The van der Waals surface area contributed by atoms with E-state index < -0.39 is 6.04 Å². The summed E-state index contributed by atoms with van der Waals surface area (Å²) in [5.41, 5.74) is 3.04. The number of aryl methyl sites for hydroxylation is 1. The van der Waals surface area contributed by atoms with Crippen molar-refractivity contribution in [2.24, 2.45) is 5.84 Å². The van der Waals surface area contributed by atoms with Crippen LogP contribution in [0.4, 0.5) is 4.39 Å². The second kappa shape index (κ2) is 5.81. The lowest BCUT2D eigenvalue weighted by molar-refractivity contribution is 0.409. The first-order chi connectivity index (χ1) is 9.21. The van der Waals surface area contributed by atoms with E-state index >= 15 is 0 Å². The number of halogens is 1. The smallest absolute Gasteiger partial charge is 0.132 e. The zero-order valence-corrected chi connectivity index (χ0v) is 10.9. The molecule has 0 saturated carbocycles. The molecule has 1 aromatic heterocycles. The lowest BCUT2D eigenvalue weighted by Gasteiger charge is -2.18. The number of ether oxygens (including phenoxy) is 1. The summed E-state index contributed by atoms with van der Waals surface area (Å²) in [4.78, 5) is 4.24. The Hall–Kier alpha value is -1.92. The Morgan fingerprint density at radius 3 is 2.89 bits per heavy atom. The average molecular weight is 264 g/mol. The molecule has 0 amide bonds. The van der Waals surface area contributed by atoms with Gasteiger partial charge >= 0.3 is 0 Å². The molecule has 0 spiro atoms. The third-order valence-electron chi connectivity index (χ3n) is 3.03. The van der Waals surface area contributed by atoms with Gasteiger partial charge in [-0.15, -0.1) is 0 Å². The number of hydrogen-bond acceptors (Lipinski definition) is 4. The fraction of sp³-hybridized carbons (Fsp3) is 0.308. The minimum Gasteiger partial charge on any atom is -0.497 e. The standard InChI is InChI=1S/C13H17FN4O/c1-3-18-7-6-16-13(18)12(17-15)10-5-4-9(19-2)8-11(10)14/h4-8,12,17H,3,15H2,1-2H3. The number of hydrazine groups is 1. The van der Waals surface area contributed by atoms with E-state index in [1.807, 2.05) is 17.7 Å². The topological polar surface area (TPSA) is 65.1 Å². The van der Waals surface area contributed by atoms with Crippen molar-refractivity contribution >= 4 is 0 Å². The molecule has 1 atom stereocenters. The molecule has 1 unspecified atom stereocenters. The molecule has 0 bridgehead atoms. The van der Waals surface area contributed by atoms with Crippen molar-refractivity contribution in [1.82, 2.24) is 15.0 Å². The van der Waals surface area contributed by atoms with Crippen molar-refractivity contribution in [1.29, 1.82) is 0 Å². The molecule has 1 heterocycles. The summed E-state index contributed by atoms with van der Waals surface area (Å²) >= 11 is 0.